The average Bonchev–Trinajstić information content (AvgIpc) is 2.90. The van der Waals surface area contributed by atoms with Gasteiger partial charge in [0.2, 0.25) is 0 Å². The van der Waals surface area contributed by atoms with Gasteiger partial charge in [0, 0.05) is 23.0 Å². The maximum atomic E-state index is 12.4. The van der Waals surface area contributed by atoms with Crippen molar-refractivity contribution in [3.63, 3.8) is 0 Å². The van der Waals surface area contributed by atoms with Crippen molar-refractivity contribution >= 4 is 16.7 Å². The van der Waals surface area contributed by atoms with Gasteiger partial charge in [-0.1, -0.05) is 19.3 Å². The Morgan fingerprint density at radius 3 is 2.80 bits per heavy atom. The van der Waals surface area contributed by atoms with Gasteiger partial charge in [0.25, 0.3) is 0 Å². The molecule has 106 valence electrons. The molecular formula is C17H21NO2. The summed E-state index contributed by atoms with van der Waals surface area (Å²) in [4.78, 5) is 12.4. The zero-order chi connectivity index (χ0) is 13.9. The topological polar surface area (TPSA) is 31.2 Å². The van der Waals surface area contributed by atoms with Crippen LogP contribution >= 0.6 is 0 Å². The van der Waals surface area contributed by atoms with Crippen molar-refractivity contribution in [1.82, 2.24) is 4.57 Å². The van der Waals surface area contributed by atoms with Crippen LogP contribution in [0.5, 0.6) is 5.75 Å². The first-order chi connectivity index (χ1) is 9.78. The van der Waals surface area contributed by atoms with Crippen LogP contribution in [0.15, 0.2) is 30.5 Å². The molecule has 0 saturated heterocycles. The predicted octanol–water partition coefficient (Wildman–Crippen LogP) is 3.80. The molecule has 1 fully saturated rings. The van der Waals surface area contributed by atoms with Crippen LogP contribution in [0.3, 0.4) is 0 Å². The summed E-state index contributed by atoms with van der Waals surface area (Å²) in [5.74, 6) is 1.52. The Labute approximate surface area is 119 Å². The average molecular weight is 271 g/mol. The lowest BCUT2D eigenvalue weighted by atomic mass is 9.86. The Kier molecular flexibility index (Phi) is 3.77. The summed E-state index contributed by atoms with van der Waals surface area (Å²) in [6, 6.07) is 8.04. The second kappa shape index (κ2) is 5.70. The van der Waals surface area contributed by atoms with E-state index in [4.69, 9.17) is 4.74 Å². The summed E-state index contributed by atoms with van der Waals surface area (Å²) in [6.07, 6.45) is 7.86. The third-order valence-corrected chi connectivity index (χ3v) is 4.36. The highest BCUT2D eigenvalue weighted by atomic mass is 16.5. The van der Waals surface area contributed by atoms with Crippen LogP contribution < -0.4 is 4.74 Å². The molecule has 0 N–H and O–H groups in total. The number of aromatic nitrogens is 1. The van der Waals surface area contributed by atoms with Gasteiger partial charge in [0.1, 0.15) is 5.75 Å². The van der Waals surface area contributed by atoms with Crippen molar-refractivity contribution in [2.24, 2.45) is 5.92 Å². The number of fused-ring (bicyclic) bond motifs is 1. The predicted molar refractivity (Wildman–Crippen MR) is 80.1 cm³/mol. The van der Waals surface area contributed by atoms with Crippen LogP contribution in [0, 0.1) is 5.92 Å². The zero-order valence-electron chi connectivity index (χ0n) is 12.0. The van der Waals surface area contributed by atoms with E-state index in [1.54, 1.807) is 7.11 Å². The Morgan fingerprint density at radius 2 is 2.05 bits per heavy atom. The van der Waals surface area contributed by atoms with Gasteiger partial charge in [-0.15, -0.1) is 0 Å². The number of benzene rings is 1. The minimum atomic E-state index is 0.277. The number of carbonyl (C=O) groups excluding carboxylic acids is 1. The first kappa shape index (κ1) is 13.2. The maximum Gasteiger partial charge on any atom is 0.155 e. The summed E-state index contributed by atoms with van der Waals surface area (Å²) < 4.78 is 7.29. The molecule has 1 heterocycles. The second-order valence-corrected chi connectivity index (χ2v) is 5.67. The number of ketones is 1. The van der Waals surface area contributed by atoms with Gasteiger partial charge in [-0.05, 0) is 37.1 Å². The second-order valence-electron chi connectivity index (χ2n) is 5.67. The Balaban J connectivity index is 1.78. The van der Waals surface area contributed by atoms with Gasteiger partial charge in [0.05, 0.1) is 13.7 Å². The number of Topliss-reactive ketones (excluding diaryl/α,β-unsaturated/α-hetero) is 1. The molecule has 2 aromatic rings. The van der Waals surface area contributed by atoms with E-state index in [9.17, 15) is 4.79 Å². The summed E-state index contributed by atoms with van der Waals surface area (Å²) in [7, 11) is 1.67. The van der Waals surface area contributed by atoms with Gasteiger partial charge in [-0.2, -0.15) is 0 Å². The van der Waals surface area contributed by atoms with Gasteiger partial charge in [-0.3, -0.25) is 4.79 Å². The van der Waals surface area contributed by atoms with Crippen LogP contribution in [0.2, 0.25) is 0 Å². The van der Waals surface area contributed by atoms with E-state index in [1.165, 1.54) is 19.3 Å². The molecule has 0 unspecified atom stereocenters. The van der Waals surface area contributed by atoms with Gasteiger partial charge < -0.3 is 9.30 Å². The molecule has 0 aliphatic heterocycles. The van der Waals surface area contributed by atoms with Gasteiger partial charge in [0.15, 0.2) is 5.78 Å². The van der Waals surface area contributed by atoms with Crippen LogP contribution in [0.1, 0.15) is 32.1 Å². The highest BCUT2D eigenvalue weighted by Crippen LogP contribution is 2.26. The van der Waals surface area contributed by atoms with Crippen LogP contribution in [-0.2, 0) is 11.3 Å². The minimum absolute atomic E-state index is 0.277. The maximum absolute atomic E-state index is 12.4. The first-order valence-corrected chi connectivity index (χ1v) is 7.43. The van der Waals surface area contributed by atoms with Crippen molar-refractivity contribution in [2.45, 2.75) is 38.6 Å². The lowest BCUT2D eigenvalue weighted by Crippen LogP contribution is -2.22. The molecule has 20 heavy (non-hydrogen) atoms. The molecule has 1 aliphatic rings. The van der Waals surface area contributed by atoms with Crippen molar-refractivity contribution in [1.29, 1.82) is 0 Å². The van der Waals surface area contributed by atoms with E-state index in [0.717, 1.165) is 29.5 Å². The lowest BCUT2D eigenvalue weighted by molar-refractivity contribution is -0.124. The number of ether oxygens (including phenoxy) is 1. The van der Waals surface area contributed by atoms with E-state index in [0.29, 0.717) is 12.3 Å². The molecule has 1 aliphatic carbocycles. The van der Waals surface area contributed by atoms with Crippen molar-refractivity contribution in [2.75, 3.05) is 7.11 Å². The molecule has 0 spiro atoms. The molecule has 3 nitrogen and oxygen atoms in total. The molecule has 0 radical (unpaired) electrons. The molecule has 0 bridgehead atoms. The van der Waals surface area contributed by atoms with Gasteiger partial charge in [-0.25, -0.2) is 0 Å². The summed E-state index contributed by atoms with van der Waals surface area (Å²) >= 11 is 0. The quantitative estimate of drug-likeness (QED) is 0.847. The highest BCUT2D eigenvalue weighted by molar-refractivity contribution is 5.86. The number of nitrogens with zero attached hydrogens (tertiary/aromatic N) is 1. The molecule has 0 atom stereocenters. The number of methoxy groups -OCH3 is 1. The first-order valence-electron chi connectivity index (χ1n) is 7.43. The molecular weight excluding hydrogens is 250 g/mol. The fourth-order valence-corrected chi connectivity index (χ4v) is 3.16. The largest absolute Gasteiger partial charge is 0.497 e. The number of hydrogen-bond donors (Lipinski definition) is 0. The smallest absolute Gasteiger partial charge is 0.155 e. The number of rotatable bonds is 4. The third-order valence-electron chi connectivity index (χ3n) is 4.36. The van der Waals surface area contributed by atoms with Crippen LogP contribution in [-0.4, -0.2) is 17.5 Å². The highest BCUT2D eigenvalue weighted by Gasteiger charge is 2.21. The van der Waals surface area contributed by atoms with Crippen LogP contribution in [0.4, 0.5) is 0 Å². The molecule has 3 heteroatoms. The van der Waals surface area contributed by atoms with Gasteiger partial charge >= 0.3 is 0 Å². The standard InChI is InChI=1S/C17H21NO2/c1-20-15-7-8-16-14(11-15)9-10-18(16)12-17(19)13-5-3-2-4-6-13/h7-11,13H,2-6,12H2,1H3. The monoisotopic (exact) mass is 271 g/mol. The normalized spacial score (nSPS) is 16.4. The Bertz CT molecular complexity index is 608. The SMILES string of the molecule is COc1ccc2c(ccn2CC(=O)C2CCCCC2)c1. The van der Waals surface area contributed by atoms with E-state index in [2.05, 4.69) is 4.57 Å². The van der Waals surface area contributed by atoms with Crippen molar-refractivity contribution in [3.05, 3.63) is 30.5 Å². The van der Waals surface area contributed by atoms with E-state index < -0.39 is 0 Å². The summed E-state index contributed by atoms with van der Waals surface area (Å²) in [5.41, 5.74) is 1.11. The molecule has 0 amide bonds. The minimum Gasteiger partial charge on any atom is -0.497 e. The third kappa shape index (κ3) is 2.58. The van der Waals surface area contributed by atoms with Crippen molar-refractivity contribution in [3.8, 4) is 5.75 Å². The molecule has 1 aromatic carbocycles. The van der Waals surface area contributed by atoms with Crippen LogP contribution in [0.25, 0.3) is 10.9 Å². The Hall–Kier alpha value is -1.77. The fourth-order valence-electron chi connectivity index (χ4n) is 3.16. The summed E-state index contributed by atoms with van der Waals surface area (Å²) in [6.45, 7) is 0.500. The Morgan fingerprint density at radius 1 is 1.25 bits per heavy atom. The van der Waals surface area contributed by atoms with E-state index in [-0.39, 0.29) is 5.92 Å². The molecule has 1 saturated carbocycles. The number of hydrogen-bond acceptors (Lipinski definition) is 2. The van der Waals surface area contributed by atoms with Crippen molar-refractivity contribution < 1.29 is 9.53 Å². The zero-order valence-corrected chi connectivity index (χ0v) is 12.0. The fraction of sp³-hybridized carbons (Fsp3) is 0.471. The lowest BCUT2D eigenvalue weighted by Gasteiger charge is -2.20. The molecule has 1 aromatic heterocycles. The van der Waals surface area contributed by atoms with E-state index >= 15 is 0 Å². The summed E-state index contributed by atoms with van der Waals surface area (Å²) in [5, 5.41) is 1.13. The van der Waals surface area contributed by atoms with E-state index in [1.807, 2.05) is 30.5 Å². The number of carbonyl (C=O) groups is 1. The molecule has 3 rings (SSSR count).